The number of nitrogens with zero attached hydrogens (tertiary/aromatic N) is 4. The first-order valence-electron chi connectivity index (χ1n) is 8.57. The molecular weight excluding hydrogens is 362 g/mol. The van der Waals surface area contributed by atoms with E-state index in [4.69, 9.17) is 10.3 Å². The summed E-state index contributed by atoms with van der Waals surface area (Å²) in [6, 6.07) is 10.5. The first-order chi connectivity index (χ1) is 13.4. The van der Waals surface area contributed by atoms with Gasteiger partial charge in [0.05, 0.1) is 5.69 Å². The number of likely N-dealkylation sites (N-methyl/N-ethyl adjacent to an activating group) is 1. The predicted molar refractivity (Wildman–Crippen MR) is 97.6 cm³/mol. The minimum Gasteiger partial charge on any atom is -0.373 e. The molecule has 28 heavy (non-hydrogen) atoms. The van der Waals surface area contributed by atoms with E-state index < -0.39 is 17.4 Å². The molecule has 0 bridgehead atoms. The van der Waals surface area contributed by atoms with Gasteiger partial charge in [-0.2, -0.15) is 0 Å². The molecule has 1 fully saturated rings. The van der Waals surface area contributed by atoms with E-state index in [1.807, 2.05) is 12.1 Å². The summed E-state index contributed by atoms with van der Waals surface area (Å²) in [5.41, 5.74) is 5.97. The maximum atomic E-state index is 12.2. The Labute approximate surface area is 159 Å². The minimum atomic E-state index is -1.69. The van der Waals surface area contributed by atoms with Gasteiger partial charge in [-0.15, -0.1) is 0 Å². The van der Waals surface area contributed by atoms with E-state index in [2.05, 4.69) is 15.1 Å². The van der Waals surface area contributed by atoms with Gasteiger partial charge in [-0.3, -0.25) is 9.59 Å². The molecule has 1 saturated heterocycles. The van der Waals surface area contributed by atoms with Crippen molar-refractivity contribution < 1.29 is 19.2 Å². The highest BCUT2D eigenvalue weighted by Gasteiger charge is 2.48. The molecule has 0 spiro atoms. The Morgan fingerprint density at radius 3 is 2.68 bits per heavy atom. The van der Waals surface area contributed by atoms with Crippen LogP contribution < -0.4 is 5.73 Å². The Morgan fingerprint density at radius 2 is 2.00 bits per heavy atom. The zero-order valence-electron chi connectivity index (χ0n) is 15.0. The van der Waals surface area contributed by atoms with Gasteiger partial charge in [0.15, 0.2) is 5.76 Å². The third-order valence-electron chi connectivity index (χ3n) is 4.76. The SMILES string of the molecule is CN1CCC(O)(c2cc(-c3cccc(-c4ccnc(C(N)=O)n4)c3)no2)C1=O. The fraction of sp³-hybridized carbons (Fsp3) is 0.211. The van der Waals surface area contributed by atoms with Crippen LogP contribution in [0.4, 0.5) is 0 Å². The van der Waals surface area contributed by atoms with E-state index in [-0.39, 0.29) is 18.0 Å². The summed E-state index contributed by atoms with van der Waals surface area (Å²) in [6.45, 7) is 0.441. The second kappa shape index (κ2) is 6.54. The summed E-state index contributed by atoms with van der Waals surface area (Å²) in [7, 11) is 1.63. The normalized spacial score (nSPS) is 19.2. The zero-order valence-corrected chi connectivity index (χ0v) is 15.0. The van der Waals surface area contributed by atoms with Crippen molar-refractivity contribution in [1.82, 2.24) is 20.0 Å². The molecule has 142 valence electrons. The number of rotatable bonds is 4. The van der Waals surface area contributed by atoms with Crippen LogP contribution in [0, 0.1) is 0 Å². The van der Waals surface area contributed by atoms with Crippen molar-refractivity contribution in [2.24, 2.45) is 5.73 Å². The number of carbonyl (C=O) groups is 2. The standard InChI is InChI=1S/C19H17N5O4/c1-24-8-6-19(27,18(24)26)15-10-14(23-28-15)12-4-2-3-11(9-12)13-5-7-21-17(22-13)16(20)25/h2-5,7,9-10,27H,6,8H2,1H3,(H2,20,25). The summed E-state index contributed by atoms with van der Waals surface area (Å²) < 4.78 is 5.29. The third kappa shape index (κ3) is 2.91. The van der Waals surface area contributed by atoms with E-state index >= 15 is 0 Å². The van der Waals surface area contributed by atoms with Crippen LogP contribution in [0.15, 0.2) is 47.1 Å². The number of hydrogen-bond acceptors (Lipinski definition) is 7. The lowest BCUT2D eigenvalue weighted by Gasteiger charge is -2.16. The van der Waals surface area contributed by atoms with Crippen LogP contribution >= 0.6 is 0 Å². The number of aromatic nitrogens is 3. The number of carbonyl (C=O) groups excluding carboxylic acids is 2. The monoisotopic (exact) mass is 379 g/mol. The second-order valence-electron chi connectivity index (χ2n) is 6.62. The quantitative estimate of drug-likeness (QED) is 0.689. The molecule has 2 amide bonds. The highest BCUT2D eigenvalue weighted by molar-refractivity contribution is 5.89. The molecule has 1 aliphatic rings. The van der Waals surface area contributed by atoms with Crippen LogP contribution in [0.2, 0.25) is 0 Å². The smallest absolute Gasteiger partial charge is 0.286 e. The summed E-state index contributed by atoms with van der Waals surface area (Å²) in [5.74, 6) is -1.08. The fourth-order valence-electron chi connectivity index (χ4n) is 3.16. The van der Waals surface area contributed by atoms with Gasteiger partial charge in [-0.05, 0) is 12.1 Å². The Bertz CT molecular complexity index is 1080. The van der Waals surface area contributed by atoms with Gasteiger partial charge in [-0.25, -0.2) is 9.97 Å². The van der Waals surface area contributed by atoms with Crippen LogP contribution in [0.3, 0.4) is 0 Å². The summed E-state index contributed by atoms with van der Waals surface area (Å²) in [4.78, 5) is 33.0. The molecule has 1 aromatic carbocycles. The Kier molecular flexibility index (Phi) is 4.16. The lowest BCUT2D eigenvalue weighted by molar-refractivity contribution is -0.144. The van der Waals surface area contributed by atoms with E-state index in [9.17, 15) is 14.7 Å². The third-order valence-corrected chi connectivity index (χ3v) is 4.76. The Balaban J connectivity index is 1.68. The van der Waals surface area contributed by atoms with Gasteiger partial charge >= 0.3 is 0 Å². The van der Waals surface area contributed by atoms with Gasteiger partial charge in [0.2, 0.25) is 11.4 Å². The lowest BCUT2D eigenvalue weighted by atomic mass is 9.98. The van der Waals surface area contributed by atoms with Crippen molar-refractivity contribution in [1.29, 1.82) is 0 Å². The van der Waals surface area contributed by atoms with Crippen molar-refractivity contribution in [3.63, 3.8) is 0 Å². The van der Waals surface area contributed by atoms with Gasteiger partial charge in [-0.1, -0.05) is 23.4 Å². The molecule has 1 aliphatic heterocycles. The van der Waals surface area contributed by atoms with E-state index in [0.29, 0.717) is 23.5 Å². The number of hydrogen-bond donors (Lipinski definition) is 2. The fourth-order valence-corrected chi connectivity index (χ4v) is 3.16. The molecule has 3 aromatic rings. The predicted octanol–water partition coefficient (Wildman–Crippen LogP) is 0.947. The molecule has 3 heterocycles. The summed E-state index contributed by atoms with van der Waals surface area (Å²) in [5, 5.41) is 14.7. The molecular formula is C19H17N5O4. The topological polar surface area (TPSA) is 135 Å². The van der Waals surface area contributed by atoms with E-state index in [1.165, 1.54) is 11.1 Å². The van der Waals surface area contributed by atoms with Crippen molar-refractivity contribution in [3.05, 3.63) is 54.2 Å². The number of amides is 2. The highest BCUT2D eigenvalue weighted by Crippen LogP contribution is 2.35. The number of primary amides is 1. The van der Waals surface area contributed by atoms with Crippen LogP contribution in [-0.2, 0) is 10.4 Å². The molecule has 1 unspecified atom stereocenters. The summed E-state index contributed by atoms with van der Waals surface area (Å²) in [6.07, 6.45) is 1.70. The Morgan fingerprint density at radius 1 is 1.25 bits per heavy atom. The zero-order chi connectivity index (χ0) is 19.9. The molecule has 4 rings (SSSR count). The largest absolute Gasteiger partial charge is 0.373 e. The van der Waals surface area contributed by atoms with Crippen molar-refractivity contribution >= 4 is 11.8 Å². The maximum absolute atomic E-state index is 12.2. The second-order valence-corrected chi connectivity index (χ2v) is 6.62. The average Bonchev–Trinajstić information content (AvgIpc) is 3.31. The van der Waals surface area contributed by atoms with Gasteiger partial charge in [0, 0.05) is 43.4 Å². The minimum absolute atomic E-state index is 0.0716. The van der Waals surface area contributed by atoms with Gasteiger partial charge in [0.25, 0.3) is 11.8 Å². The van der Waals surface area contributed by atoms with Crippen LogP contribution in [-0.4, -0.2) is 50.5 Å². The number of benzene rings is 1. The van der Waals surface area contributed by atoms with Crippen molar-refractivity contribution in [2.75, 3.05) is 13.6 Å². The van der Waals surface area contributed by atoms with Crippen LogP contribution in [0.5, 0.6) is 0 Å². The van der Waals surface area contributed by atoms with Crippen molar-refractivity contribution in [3.8, 4) is 22.5 Å². The number of nitrogens with two attached hydrogens (primary N) is 1. The molecule has 0 radical (unpaired) electrons. The summed E-state index contributed by atoms with van der Waals surface area (Å²) >= 11 is 0. The first kappa shape index (κ1) is 17.8. The molecule has 2 aromatic heterocycles. The average molecular weight is 379 g/mol. The highest BCUT2D eigenvalue weighted by atomic mass is 16.5. The first-order valence-corrected chi connectivity index (χ1v) is 8.57. The van der Waals surface area contributed by atoms with Gasteiger partial charge < -0.3 is 20.3 Å². The van der Waals surface area contributed by atoms with Gasteiger partial charge in [0.1, 0.15) is 5.69 Å². The molecule has 9 heteroatoms. The molecule has 0 saturated carbocycles. The van der Waals surface area contributed by atoms with E-state index in [0.717, 1.165) is 5.56 Å². The number of likely N-dealkylation sites (tertiary alicyclic amines) is 1. The Hall–Kier alpha value is -3.59. The lowest BCUT2D eigenvalue weighted by Crippen LogP contribution is -2.35. The van der Waals surface area contributed by atoms with E-state index in [1.54, 1.807) is 31.3 Å². The maximum Gasteiger partial charge on any atom is 0.286 e. The van der Waals surface area contributed by atoms with Crippen LogP contribution in [0.25, 0.3) is 22.5 Å². The molecule has 9 nitrogen and oxygen atoms in total. The molecule has 1 atom stereocenters. The van der Waals surface area contributed by atoms with Crippen LogP contribution in [0.1, 0.15) is 22.8 Å². The number of aliphatic hydroxyl groups is 1. The molecule has 3 N–H and O–H groups in total. The molecule has 0 aliphatic carbocycles. The van der Waals surface area contributed by atoms with Crippen molar-refractivity contribution in [2.45, 2.75) is 12.0 Å².